The van der Waals surface area contributed by atoms with Crippen molar-refractivity contribution >= 4 is 0 Å². The second kappa shape index (κ2) is 6.19. The Morgan fingerprint density at radius 3 is 2.12 bits per heavy atom. The third-order valence-corrected chi connectivity index (χ3v) is 5.12. The van der Waals surface area contributed by atoms with Crippen LogP contribution in [0.3, 0.4) is 0 Å². The summed E-state index contributed by atoms with van der Waals surface area (Å²) in [4.78, 5) is 2.75. The maximum Gasteiger partial charge on any atom is 0.0220 e. The van der Waals surface area contributed by atoms with Gasteiger partial charge in [-0.15, -0.1) is 0 Å². The molecule has 17 heavy (non-hydrogen) atoms. The van der Waals surface area contributed by atoms with Gasteiger partial charge in [-0.3, -0.25) is 4.90 Å². The van der Waals surface area contributed by atoms with Gasteiger partial charge in [0.2, 0.25) is 0 Å². The first-order valence-electron chi connectivity index (χ1n) is 7.65. The minimum absolute atomic E-state index is 0.723. The molecule has 1 saturated carbocycles. The minimum atomic E-state index is 0.723. The van der Waals surface area contributed by atoms with Gasteiger partial charge < -0.3 is 5.32 Å². The van der Waals surface area contributed by atoms with E-state index in [9.17, 15) is 0 Å². The van der Waals surface area contributed by atoms with Crippen LogP contribution in [0.4, 0.5) is 0 Å². The predicted molar refractivity (Wildman–Crippen MR) is 74.3 cm³/mol. The Kier molecular flexibility index (Phi) is 4.87. The van der Waals surface area contributed by atoms with Crippen LogP contribution in [0.5, 0.6) is 0 Å². The fourth-order valence-electron chi connectivity index (χ4n) is 3.90. The van der Waals surface area contributed by atoms with Crippen LogP contribution in [0.2, 0.25) is 0 Å². The molecule has 2 heteroatoms. The van der Waals surface area contributed by atoms with Gasteiger partial charge in [0.15, 0.2) is 0 Å². The minimum Gasteiger partial charge on any atom is -0.315 e. The molecule has 0 aromatic heterocycles. The molecule has 1 saturated heterocycles. The van der Waals surface area contributed by atoms with E-state index in [4.69, 9.17) is 0 Å². The molecular formula is C15H30N2. The maximum absolute atomic E-state index is 3.59. The van der Waals surface area contributed by atoms with E-state index in [1.807, 2.05) is 0 Å². The highest BCUT2D eigenvalue weighted by Gasteiger charge is 2.30. The van der Waals surface area contributed by atoms with E-state index in [-0.39, 0.29) is 0 Å². The van der Waals surface area contributed by atoms with Crippen LogP contribution in [0.1, 0.15) is 58.8 Å². The number of likely N-dealkylation sites (N-methyl/N-ethyl adjacent to an activating group) is 1. The molecule has 0 aromatic rings. The van der Waals surface area contributed by atoms with Crippen molar-refractivity contribution in [1.29, 1.82) is 0 Å². The Bertz CT molecular complexity index is 213. The van der Waals surface area contributed by atoms with Crippen LogP contribution in [0, 0.1) is 5.92 Å². The molecule has 1 N–H and O–H groups in total. The lowest BCUT2D eigenvalue weighted by molar-refractivity contribution is 0.0823. The number of rotatable bonds is 4. The molecule has 0 radical (unpaired) electrons. The summed E-state index contributed by atoms with van der Waals surface area (Å²) in [6, 6.07) is 2.30. The largest absolute Gasteiger partial charge is 0.315 e. The van der Waals surface area contributed by atoms with Crippen molar-refractivity contribution in [1.82, 2.24) is 10.2 Å². The third-order valence-electron chi connectivity index (χ3n) is 5.12. The highest BCUT2D eigenvalue weighted by molar-refractivity contribution is 4.87. The second-order valence-electron chi connectivity index (χ2n) is 6.27. The van der Waals surface area contributed by atoms with Gasteiger partial charge in [0.1, 0.15) is 0 Å². The first-order valence-corrected chi connectivity index (χ1v) is 7.65. The highest BCUT2D eigenvalue weighted by atomic mass is 15.2. The summed E-state index contributed by atoms with van der Waals surface area (Å²) in [6.45, 7) is 6.09. The lowest BCUT2D eigenvalue weighted by Crippen LogP contribution is -2.51. The maximum atomic E-state index is 3.59. The van der Waals surface area contributed by atoms with Crippen molar-refractivity contribution < 1.29 is 0 Å². The summed E-state index contributed by atoms with van der Waals surface area (Å²) in [5, 5.41) is 3.59. The van der Waals surface area contributed by atoms with Crippen LogP contribution in [-0.2, 0) is 0 Å². The first kappa shape index (κ1) is 13.4. The van der Waals surface area contributed by atoms with E-state index in [1.165, 1.54) is 51.5 Å². The van der Waals surface area contributed by atoms with E-state index in [0.717, 1.165) is 24.0 Å². The van der Waals surface area contributed by atoms with Crippen LogP contribution < -0.4 is 5.32 Å². The first-order chi connectivity index (χ1) is 8.22. The van der Waals surface area contributed by atoms with E-state index < -0.39 is 0 Å². The molecule has 2 nitrogen and oxygen atoms in total. The molecule has 2 aliphatic rings. The average molecular weight is 238 g/mol. The highest BCUT2D eigenvalue weighted by Crippen LogP contribution is 2.30. The summed E-state index contributed by atoms with van der Waals surface area (Å²) >= 11 is 0. The molecule has 3 atom stereocenters. The monoisotopic (exact) mass is 238 g/mol. The van der Waals surface area contributed by atoms with Crippen molar-refractivity contribution in [3.8, 4) is 0 Å². The molecule has 0 amide bonds. The lowest BCUT2D eigenvalue weighted by atomic mass is 9.93. The zero-order valence-electron chi connectivity index (χ0n) is 11.9. The molecule has 2 rings (SSSR count). The molecule has 2 fully saturated rings. The summed E-state index contributed by atoms with van der Waals surface area (Å²) < 4.78 is 0. The molecular weight excluding hydrogens is 208 g/mol. The zero-order valence-corrected chi connectivity index (χ0v) is 11.9. The molecule has 1 heterocycles. The van der Waals surface area contributed by atoms with Crippen molar-refractivity contribution in [3.05, 3.63) is 0 Å². The fourth-order valence-corrected chi connectivity index (χ4v) is 3.90. The van der Waals surface area contributed by atoms with E-state index in [1.54, 1.807) is 0 Å². The smallest absolute Gasteiger partial charge is 0.0220 e. The summed E-state index contributed by atoms with van der Waals surface area (Å²) in [6.07, 6.45) is 10.0. The molecule has 1 aliphatic carbocycles. The van der Waals surface area contributed by atoms with Crippen molar-refractivity contribution in [2.45, 2.75) is 76.9 Å². The third kappa shape index (κ3) is 3.23. The molecule has 0 bridgehead atoms. The number of piperidine rings is 1. The molecule has 0 spiro atoms. The van der Waals surface area contributed by atoms with Gasteiger partial charge in [0.25, 0.3) is 0 Å². The Balaban J connectivity index is 1.91. The van der Waals surface area contributed by atoms with Crippen LogP contribution in [-0.4, -0.2) is 36.6 Å². The van der Waals surface area contributed by atoms with E-state index in [2.05, 4.69) is 31.1 Å². The number of hydrogen-bond acceptors (Lipinski definition) is 2. The number of hydrogen-bond donors (Lipinski definition) is 1. The predicted octanol–water partition coefficient (Wildman–Crippen LogP) is 3.03. The average Bonchev–Trinajstić information content (AvgIpc) is 2.82. The quantitative estimate of drug-likeness (QED) is 0.810. The number of nitrogens with zero attached hydrogens (tertiary/aromatic N) is 1. The fraction of sp³-hybridized carbons (Fsp3) is 1.00. The van der Waals surface area contributed by atoms with Crippen molar-refractivity contribution in [3.63, 3.8) is 0 Å². The molecule has 100 valence electrons. The van der Waals surface area contributed by atoms with Crippen molar-refractivity contribution in [2.24, 2.45) is 5.92 Å². The van der Waals surface area contributed by atoms with Gasteiger partial charge in [-0.1, -0.05) is 19.3 Å². The SMILES string of the molecule is CNC(CN1[C@H](C)CCC[C@@H]1C)C1CCCC1. The van der Waals surface area contributed by atoms with Gasteiger partial charge in [0.05, 0.1) is 0 Å². The lowest BCUT2D eigenvalue weighted by Gasteiger charge is -2.42. The van der Waals surface area contributed by atoms with Gasteiger partial charge in [-0.05, 0) is 52.5 Å². The Labute approximate surface area is 107 Å². The Morgan fingerprint density at radius 1 is 1.00 bits per heavy atom. The van der Waals surface area contributed by atoms with Crippen LogP contribution in [0.25, 0.3) is 0 Å². The van der Waals surface area contributed by atoms with E-state index >= 15 is 0 Å². The summed E-state index contributed by atoms with van der Waals surface area (Å²) in [7, 11) is 2.16. The number of likely N-dealkylation sites (tertiary alicyclic amines) is 1. The van der Waals surface area contributed by atoms with Gasteiger partial charge in [-0.2, -0.15) is 0 Å². The second-order valence-corrected chi connectivity index (χ2v) is 6.27. The van der Waals surface area contributed by atoms with Gasteiger partial charge >= 0.3 is 0 Å². The topological polar surface area (TPSA) is 15.3 Å². The molecule has 1 aliphatic heterocycles. The molecule has 0 aromatic carbocycles. The summed E-state index contributed by atoms with van der Waals surface area (Å²) in [5.74, 6) is 0.932. The van der Waals surface area contributed by atoms with Crippen LogP contribution in [0.15, 0.2) is 0 Å². The molecule has 1 unspecified atom stereocenters. The van der Waals surface area contributed by atoms with Crippen molar-refractivity contribution in [2.75, 3.05) is 13.6 Å². The normalized spacial score (nSPS) is 34.1. The van der Waals surface area contributed by atoms with Gasteiger partial charge in [-0.25, -0.2) is 0 Å². The number of nitrogens with one attached hydrogen (secondary N) is 1. The van der Waals surface area contributed by atoms with E-state index in [0.29, 0.717) is 0 Å². The zero-order chi connectivity index (χ0) is 12.3. The Morgan fingerprint density at radius 2 is 1.59 bits per heavy atom. The van der Waals surface area contributed by atoms with Gasteiger partial charge in [0, 0.05) is 24.7 Å². The van der Waals surface area contributed by atoms with Crippen LogP contribution >= 0.6 is 0 Å². The standard InChI is InChI=1S/C15H30N2/c1-12-7-6-8-13(2)17(12)11-15(16-3)14-9-4-5-10-14/h12-16H,4-11H2,1-3H3/t12-,13+,15?. The Hall–Kier alpha value is -0.0800. The summed E-state index contributed by atoms with van der Waals surface area (Å²) in [5.41, 5.74) is 0.